The molecule has 0 saturated heterocycles. The third-order valence-corrected chi connectivity index (χ3v) is 5.70. The number of anilines is 1. The number of sulfonamides is 1. The monoisotopic (exact) mass is 325 g/mol. The predicted octanol–water partition coefficient (Wildman–Crippen LogP) is 1.60. The molecular weight excluding hydrogens is 310 g/mol. The maximum atomic E-state index is 12.5. The molecule has 3 rings (SSSR count). The zero-order chi connectivity index (χ0) is 14.9. The number of hydrogen-bond donors (Lipinski definition) is 2. The lowest BCUT2D eigenvalue weighted by atomic mass is 10.2. The van der Waals surface area contributed by atoms with Gasteiger partial charge in [-0.2, -0.15) is 0 Å². The number of benzene rings is 1. The highest BCUT2D eigenvalue weighted by molar-refractivity contribution is 7.93. The molecule has 0 radical (unpaired) electrons. The molecule has 0 atom stereocenters. The Morgan fingerprint density at radius 2 is 2.19 bits per heavy atom. The minimum Gasteiger partial charge on any atom is -0.495 e. The minimum absolute atomic E-state index is 0.110. The van der Waals surface area contributed by atoms with Crippen molar-refractivity contribution in [1.82, 2.24) is 10.3 Å². The van der Waals surface area contributed by atoms with Crippen LogP contribution in [-0.4, -0.2) is 27.1 Å². The standard InChI is InChI=1S/C13H15N3O3S2/c1-19-10-4-2-3-5-12(10)21(17,18)16-13-15-9-6-7-14-8-11(9)20-13/h2-5,14H,6-8H2,1H3,(H,15,16). The molecule has 1 aromatic heterocycles. The molecule has 0 spiro atoms. The molecule has 2 heterocycles. The first-order chi connectivity index (χ1) is 10.1. The fourth-order valence-electron chi connectivity index (χ4n) is 2.18. The van der Waals surface area contributed by atoms with Crippen molar-refractivity contribution in [3.63, 3.8) is 0 Å². The zero-order valence-corrected chi connectivity index (χ0v) is 13.1. The van der Waals surface area contributed by atoms with Gasteiger partial charge < -0.3 is 10.1 Å². The summed E-state index contributed by atoms with van der Waals surface area (Å²) in [5.74, 6) is 0.313. The molecule has 0 bridgehead atoms. The highest BCUT2D eigenvalue weighted by Gasteiger charge is 2.22. The van der Waals surface area contributed by atoms with Crippen LogP contribution in [0.1, 0.15) is 10.6 Å². The van der Waals surface area contributed by atoms with E-state index in [4.69, 9.17) is 4.74 Å². The van der Waals surface area contributed by atoms with E-state index in [0.717, 1.165) is 30.1 Å². The maximum absolute atomic E-state index is 12.5. The van der Waals surface area contributed by atoms with Gasteiger partial charge >= 0.3 is 0 Å². The summed E-state index contributed by atoms with van der Waals surface area (Å²) in [4.78, 5) is 5.56. The first kappa shape index (κ1) is 14.3. The molecule has 1 aliphatic heterocycles. The number of para-hydroxylation sites is 1. The summed E-state index contributed by atoms with van der Waals surface area (Å²) in [5.41, 5.74) is 0.969. The Hall–Kier alpha value is -1.64. The van der Waals surface area contributed by atoms with E-state index in [1.165, 1.54) is 24.5 Å². The highest BCUT2D eigenvalue weighted by atomic mass is 32.2. The van der Waals surface area contributed by atoms with Gasteiger partial charge in [-0.3, -0.25) is 4.72 Å². The van der Waals surface area contributed by atoms with Crippen LogP contribution in [0.3, 0.4) is 0 Å². The smallest absolute Gasteiger partial charge is 0.267 e. The topological polar surface area (TPSA) is 80.3 Å². The van der Waals surface area contributed by atoms with Gasteiger partial charge in [-0.05, 0) is 12.1 Å². The van der Waals surface area contributed by atoms with E-state index in [1.54, 1.807) is 18.2 Å². The number of aromatic nitrogens is 1. The lowest BCUT2D eigenvalue weighted by molar-refractivity contribution is 0.403. The van der Waals surface area contributed by atoms with Gasteiger partial charge in [0.1, 0.15) is 10.6 Å². The predicted molar refractivity (Wildman–Crippen MR) is 81.3 cm³/mol. The first-order valence-corrected chi connectivity index (χ1v) is 8.75. The summed E-state index contributed by atoms with van der Waals surface area (Å²) in [6, 6.07) is 6.51. The molecule has 2 N–H and O–H groups in total. The minimum atomic E-state index is -3.70. The van der Waals surface area contributed by atoms with Gasteiger partial charge in [0.15, 0.2) is 5.13 Å². The summed E-state index contributed by atoms with van der Waals surface area (Å²) < 4.78 is 32.6. The van der Waals surface area contributed by atoms with Gasteiger partial charge in [-0.1, -0.05) is 23.5 Å². The number of nitrogens with zero attached hydrogens (tertiary/aromatic N) is 1. The largest absolute Gasteiger partial charge is 0.495 e. The van der Waals surface area contributed by atoms with Gasteiger partial charge in [-0.25, -0.2) is 13.4 Å². The normalized spacial score (nSPS) is 14.5. The second-order valence-electron chi connectivity index (χ2n) is 4.57. The van der Waals surface area contributed by atoms with Crippen molar-refractivity contribution in [2.45, 2.75) is 17.9 Å². The molecule has 0 aliphatic carbocycles. The lowest BCUT2D eigenvalue weighted by Gasteiger charge is -2.09. The molecule has 6 nitrogen and oxygen atoms in total. The van der Waals surface area contributed by atoms with Crippen LogP contribution in [0.25, 0.3) is 0 Å². The van der Waals surface area contributed by atoms with Crippen molar-refractivity contribution >= 4 is 26.5 Å². The highest BCUT2D eigenvalue weighted by Crippen LogP contribution is 2.29. The molecule has 0 unspecified atom stereocenters. The maximum Gasteiger partial charge on any atom is 0.267 e. The number of thiazole rings is 1. The van der Waals surface area contributed by atoms with Crippen LogP contribution >= 0.6 is 11.3 Å². The number of rotatable bonds is 4. The van der Waals surface area contributed by atoms with Crippen molar-refractivity contribution in [3.05, 3.63) is 34.8 Å². The van der Waals surface area contributed by atoms with Crippen LogP contribution < -0.4 is 14.8 Å². The third-order valence-electron chi connectivity index (χ3n) is 3.18. The number of fused-ring (bicyclic) bond motifs is 1. The van der Waals surface area contributed by atoms with E-state index in [2.05, 4.69) is 15.0 Å². The van der Waals surface area contributed by atoms with Crippen molar-refractivity contribution in [2.24, 2.45) is 0 Å². The van der Waals surface area contributed by atoms with E-state index >= 15 is 0 Å². The Kier molecular flexibility index (Phi) is 3.83. The molecule has 112 valence electrons. The van der Waals surface area contributed by atoms with Gasteiger partial charge in [0.05, 0.1) is 12.8 Å². The molecule has 1 aliphatic rings. The number of methoxy groups -OCH3 is 1. The number of ether oxygens (including phenoxy) is 1. The van der Waals surface area contributed by atoms with Gasteiger partial charge in [0.25, 0.3) is 10.0 Å². The van der Waals surface area contributed by atoms with Crippen LogP contribution in [0.4, 0.5) is 5.13 Å². The molecule has 1 aromatic carbocycles. The molecule has 21 heavy (non-hydrogen) atoms. The zero-order valence-electron chi connectivity index (χ0n) is 11.4. The van der Waals surface area contributed by atoms with Crippen LogP contribution in [0.5, 0.6) is 5.75 Å². The van der Waals surface area contributed by atoms with E-state index in [9.17, 15) is 8.42 Å². The van der Waals surface area contributed by atoms with Crippen LogP contribution in [0.2, 0.25) is 0 Å². The summed E-state index contributed by atoms with van der Waals surface area (Å²) in [6.45, 7) is 1.61. The lowest BCUT2D eigenvalue weighted by Crippen LogP contribution is -2.22. The Bertz CT molecular complexity index is 732. The molecule has 2 aromatic rings. The van der Waals surface area contributed by atoms with Crippen molar-refractivity contribution < 1.29 is 13.2 Å². The van der Waals surface area contributed by atoms with E-state index < -0.39 is 10.0 Å². The van der Waals surface area contributed by atoms with E-state index in [-0.39, 0.29) is 4.90 Å². The van der Waals surface area contributed by atoms with E-state index in [0.29, 0.717) is 10.9 Å². The molecule has 8 heteroatoms. The fourth-order valence-corrected chi connectivity index (χ4v) is 4.56. The second-order valence-corrected chi connectivity index (χ2v) is 7.31. The molecule has 0 amide bonds. The molecular formula is C13H15N3O3S2. The summed E-state index contributed by atoms with van der Waals surface area (Å²) in [5, 5.41) is 3.64. The Balaban J connectivity index is 1.91. The third kappa shape index (κ3) is 2.87. The second kappa shape index (κ2) is 5.63. The average Bonchev–Trinajstić information content (AvgIpc) is 2.88. The molecule has 0 saturated carbocycles. The van der Waals surface area contributed by atoms with Crippen molar-refractivity contribution in [1.29, 1.82) is 0 Å². The van der Waals surface area contributed by atoms with Crippen LogP contribution in [-0.2, 0) is 23.0 Å². The van der Waals surface area contributed by atoms with Gasteiger partial charge in [0.2, 0.25) is 0 Å². The SMILES string of the molecule is COc1ccccc1S(=O)(=O)Nc1nc2c(s1)CNCC2. The van der Waals surface area contributed by atoms with Crippen LogP contribution in [0, 0.1) is 0 Å². The van der Waals surface area contributed by atoms with E-state index in [1.807, 2.05) is 0 Å². The van der Waals surface area contributed by atoms with Crippen LogP contribution in [0.15, 0.2) is 29.2 Å². The molecule has 0 fully saturated rings. The van der Waals surface area contributed by atoms with Gasteiger partial charge in [-0.15, -0.1) is 0 Å². The fraction of sp³-hybridized carbons (Fsp3) is 0.308. The summed E-state index contributed by atoms with van der Waals surface area (Å²) in [7, 11) is -2.26. The average molecular weight is 325 g/mol. The Morgan fingerprint density at radius 1 is 1.38 bits per heavy atom. The first-order valence-electron chi connectivity index (χ1n) is 6.45. The van der Waals surface area contributed by atoms with Gasteiger partial charge in [0, 0.05) is 24.4 Å². The Morgan fingerprint density at radius 3 is 2.95 bits per heavy atom. The van der Waals surface area contributed by atoms with Crippen molar-refractivity contribution in [2.75, 3.05) is 18.4 Å². The van der Waals surface area contributed by atoms with Crippen molar-refractivity contribution in [3.8, 4) is 5.75 Å². The summed E-state index contributed by atoms with van der Waals surface area (Å²) in [6.07, 6.45) is 0.822. The number of nitrogens with one attached hydrogen (secondary N) is 2. The quantitative estimate of drug-likeness (QED) is 0.892. The summed E-state index contributed by atoms with van der Waals surface area (Å²) >= 11 is 1.37. The number of hydrogen-bond acceptors (Lipinski definition) is 6. The Labute approximate surface area is 127 Å².